The molecule has 0 fully saturated rings. The van der Waals surface area contributed by atoms with E-state index in [1.807, 2.05) is 60.7 Å². The Kier molecular flexibility index (Phi) is 19.7. The molecule has 0 atom stereocenters. The molecule has 0 aliphatic heterocycles. The Bertz CT molecular complexity index is 468. The molecule has 0 heterocycles. The van der Waals surface area contributed by atoms with E-state index in [2.05, 4.69) is 47.7 Å². The second-order valence-electron chi connectivity index (χ2n) is 5.70. The molecule has 3 aromatic rings. The van der Waals surface area contributed by atoms with Crippen molar-refractivity contribution in [1.29, 1.82) is 0 Å². The van der Waals surface area contributed by atoms with E-state index in [1.165, 1.54) is 27.8 Å². The van der Waals surface area contributed by atoms with Gasteiger partial charge in [0.05, 0.1) is 0 Å². The standard InChI is InChI=1S/C10H15.2C5H5.C2H7Si.2FH.Zr/c1-6-7(2)9(4)10(5)8(6)3;2*1-2-4-5-3-1;1-3-2;;;/h1-5H3;2*1-5H;3H,1-2H3;2*1H;/q3*-1;;;;+2/p-2. The summed E-state index contributed by atoms with van der Waals surface area (Å²) in [6.07, 6.45) is 0. The van der Waals surface area contributed by atoms with Crippen LogP contribution in [0.2, 0.25) is 13.1 Å². The van der Waals surface area contributed by atoms with E-state index in [-0.39, 0.29) is 0 Å². The molecule has 0 unspecified atom stereocenters. The SMILES string of the molecule is C[SiH]C.Cc1c(C)c(C)[c-](C)c1C.[F][Zr][F].c1cc[cH-]c1.c1cc[cH-]c1. The number of halogens is 2. The molecule has 0 saturated carbocycles. The largest absolute Gasteiger partial charge is 0.214 e. The smallest absolute Gasteiger partial charge is 0.172 e. The molecule has 1 radical (unpaired) electrons. The minimum absolute atomic E-state index is 0.750. The quantitative estimate of drug-likeness (QED) is 0.251. The van der Waals surface area contributed by atoms with Crippen molar-refractivity contribution in [3.63, 3.8) is 0 Å². The van der Waals surface area contributed by atoms with Gasteiger partial charge in [-0.1, -0.05) is 47.7 Å². The number of hydrogen-bond acceptors (Lipinski definition) is 0. The Hall–Kier alpha value is -0.990. The second-order valence-corrected chi connectivity index (χ2v) is 7.20. The van der Waals surface area contributed by atoms with Crippen LogP contribution in [0.3, 0.4) is 0 Å². The zero-order valence-corrected chi connectivity index (χ0v) is 20.7. The Morgan fingerprint density at radius 1 is 0.769 bits per heavy atom. The first kappa shape index (κ1) is 27.2. The van der Waals surface area contributed by atoms with E-state index < -0.39 is 24.5 Å². The molecule has 0 bridgehead atoms. The average molecular weight is 454 g/mol. The predicted molar refractivity (Wildman–Crippen MR) is 111 cm³/mol. The summed E-state index contributed by atoms with van der Waals surface area (Å²) in [5.41, 5.74) is 7.34. The summed E-state index contributed by atoms with van der Waals surface area (Å²) in [5, 5.41) is 0. The summed E-state index contributed by atoms with van der Waals surface area (Å²) in [4.78, 5) is 0. The van der Waals surface area contributed by atoms with E-state index in [1.54, 1.807) is 0 Å². The van der Waals surface area contributed by atoms with Gasteiger partial charge >= 0.3 is 29.7 Å². The van der Waals surface area contributed by atoms with Crippen LogP contribution in [0.15, 0.2) is 60.7 Å². The first-order valence-corrected chi connectivity index (χ1v) is 12.8. The van der Waals surface area contributed by atoms with Gasteiger partial charge in [-0.15, -0.1) is 0 Å². The van der Waals surface area contributed by atoms with Gasteiger partial charge in [0.15, 0.2) is 0 Å². The minimum Gasteiger partial charge on any atom is -0.214 e. The summed E-state index contributed by atoms with van der Waals surface area (Å²) < 4.78 is 19.6. The molecule has 0 saturated heterocycles. The van der Waals surface area contributed by atoms with Crippen molar-refractivity contribution in [2.45, 2.75) is 47.7 Å². The average Bonchev–Trinajstić information content (AvgIpc) is 3.40. The molecule has 3 rings (SSSR count). The summed E-state index contributed by atoms with van der Waals surface area (Å²) in [6.45, 7) is 15.4. The zero-order valence-electron chi connectivity index (χ0n) is 17.1. The minimum atomic E-state index is -2.77. The van der Waals surface area contributed by atoms with E-state index in [4.69, 9.17) is 0 Å². The van der Waals surface area contributed by atoms with Gasteiger partial charge in [0, 0.05) is 9.52 Å². The van der Waals surface area contributed by atoms with Crippen LogP contribution in [0.1, 0.15) is 27.8 Å². The molecule has 145 valence electrons. The van der Waals surface area contributed by atoms with Crippen molar-refractivity contribution in [3.8, 4) is 0 Å². The van der Waals surface area contributed by atoms with E-state index >= 15 is 0 Å². The molecular formula is C22H32F2SiZr-3. The first-order valence-electron chi connectivity index (χ1n) is 8.62. The van der Waals surface area contributed by atoms with Gasteiger partial charge in [0.2, 0.25) is 0 Å². The van der Waals surface area contributed by atoms with Gasteiger partial charge < -0.3 is 0 Å². The molecule has 0 nitrogen and oxygen atoms in total. The third kappa shape index (κ3) is 13.2. The van der Waals surface area contributed by atoms with Crippen LogP contribution in [0.25, 0.3) is 0 Å². The fraction of sp³-hybridized carbons (Fsp3) is 0.318. The predicted octanol–water partition coefficient (Wildman–Crippen LogP) is 7.12. The van der Waals surface area contributed by atoms with Crippen molar-refractivity contribution in [2.75, 3.05) is 0 Å². The number of rotatable bonds is 0. The van der Waals surface area contributed by atoms with E-state index in [9.17, 15) is 5.25 Å². The number of hydrogen-bond donors (Lipinski definition) is 0. The van der Waals surface area contributed by atoms with Crippen molar-refractivity contribution < 1.29 is 29.7 Å². The van der Waals surface area contributed by atoms with Crippen molar-refractivity contribution in [3.05, 3.63) is 88.5 Å². The van der Waals surface area contributed by atoms with Crippen LogP contribution in [0.4, 0.5) is 5.25 Å². The topological polar surface area (TPSA) is 0 Å². The molecule has 0 spiro atoms. The third-order valence-corrected chi connectivity index (χ3v) is 3.92. The summed E-state index contributed by atoms with van der Waals surface area (Å²) in [5.74, 6) is 0. The van der Waals surface area contributed by atoms with Crippen LogP contribution in [-0.4, -0.2) is 9.52 Å². The van der Waals surface area contributed by atoms with Crippen molar-refractivity contribution >= 4 is 9.52 Å². The third-order valence-electron chi connectivity index (χ3n) is 3.92. The van der Waals surface area contributed by atoms with Crippen molar-refractivity contribution in [2.24, 2.45) is 0 Å². The van der Waals surface area contributed by atoms with Crippen LogP contribution >= 0.6 is 0 Å². The Morgan fingerprint density at radius 3 is 1.08 bits per heavy atom. The summed E-state index contributed by atoms with van der Waals surface area (Å²) in [7, 11) is 0.750. The monoisotopic (exact) mass is 452 g/mol. The molecule has 0 aromatic heterocycles. The maximum absolute atomic E-state index is 9.80. The molecule has 4 heteroatoms. The van der Waals surface area contributed by atoms with Gasteiger partial charge in [-0.2, -0.15) is 64.2 Å². The van der Waals surface area contributed by atoms with Crippen LogP contribution in [0.5, 0.6) is 0 Å². The fourth-order valence-electron chi connectivity index (χ4n) is 2.05. The second kappa shape index (κ2) is 18.8. The van der Waals surface area contributed by atoms with Gasteiger partial charge in [0.1, 0.15) is 0 Å². The Morgan fingerprint density at radius 2 is 1.00 bits per heavy atom. The van der Waals surface area contributed by atoms with E-state index in [0.29, 0.717) is 0 Å². The van der Waals surface area contributed by atoms with Gasteiger partial charge in [0.25, 0.3) is 0 Å². The molecule has 0 aliphatic rings. The normalized spacial score (nSPS) is 8.35. The van der Waals surface area contributed by atoms with Crippen molar-refractivity contribution in [1.82, 2.24) is 0 Å². The van der Waals surface area contributed by atoms with Gasteiger partial charge in [-0.05, 0) is 0 Å². The molecule has 0 amide bonds. The summed E-state index contributed by atoms with van der Waals surface area (Å²) in [6, 6.07) is 20.0. The maximum atomic E-state index is 9.80. The van der Waals surface area contributed by atoms with Crippen LogP contribution in [0, 0.1) is 34.6 Å². The molecule has 0 N–H and O–H groups in total. The van der Waals surface area contributed by atoms with Crippen LogP contribution in [-0.2, 0) is 24.5 Å². The van der Waals surface area contributed by atoms with E-state index in [0.717, 1.165) is 9.52 Å². The first-order chi connectivity index (χ1) is 12.4. The summed E-state index contributed by atoms with van der Waals surface area (Å²) >= 11 is -2.77. The maximum Gasteiger partial charge on any atom is -0.172 e. The zero-order chi connectivity index (χ0) is 20.4. The molecule has 0 aliphatic carbocycles. The Balaban J connectivity index is 0. The molecule has 3 aromatic carbocycles. The molecule has 26 heavy (non-hydrogen) atoms. The van der Waals surface area contributed by atoms with Gasteiger partial charge in [-0.25, -0.2) is 24.3 Å². The Labute approximate surface area is 174 Å². The van der Waals surface area contributed by atoms with Gasteiger partial charge in [-0.3, -0.25) is 0 Å². The fourth-order valence-corrected chi connectivity index (χ4v) is 2.05. The van der Waals surface area contributed by atoms with Crippen LogP contribution < -0.4 is 0 Å². The molecular weight excluding hydrogens is 422 g/mol.